The molecule has 1 aromatic rings. The van der Waals surface area contributed by atoms with Crippen molar-refractivity contribution in [1.82, 2.24) is 9.80 Å². The van der Waals surface area contributed by atoms with Crippen molar-refractivity contribution in [2.75, 3.05) is 20.1 Å². The zero-order chi connectivity index (χ0) is 17.7. The molecule has 1 aromatic carbocycles. The van der Waals surface area contributed by atoms with E-state index in [4.69, 9.17) is 4.74 Å². The van der Waals surface area contributed by atoms with Gasteiger partial charge < -0.3 is 14.7 Å². The van der Waals surface area contributed by atoms with Crippen molar-refractivity contribution in [3.8, 4) is 0 Å². The highest BCUT2D eigenvalue weighted by Gasteiger charge is 2.20. The van der Waals surface area contributed by atoms with Crippen LogP contribution in [0.2, 0.25) is 0 Å². The molecule has 1 atom stereocenters. The molecule has 1 unspecified atom stereocenters. The van der Waals surface area contributed by atoms with Crippen molar-refractivity contribution in [3.05, 3.63) is 35.4 Å². The van der Waals surface area contributed by atoms with Crippen LogP contribution in [0.4, 0.5) is 4.79 Å². The molecule has 1 fully saturated rings. The van der Waals surface area contributed by atoms with Crippen LogP contribution in [0.3, 0.4) is 0 Å². The number of likely N-dealkylation sites (tertiary alicyclic amines) is 1. The van der Waals surface area contributed by atoms with E-state index in [0.29, 0.717) is 6.54 Å². The van der Waals surface area contributed by atoms with Crippen LogP contribution >= 0.6 is 0 Å². The van der Waals surface area contributed by atoms with Crippen LogP contribution in [0.5, 0.6) is 0 Å². The maximum absolute atomic E-state index is 12.0. The number of nitrogens with zero attached hydrogens (tertiary/aromatic N) is 2. The summed E-state index contributed by atoms with van der Waals surface area (Å²) in [5, 5.41) is 9.74. The Morgan fingerprint density at radius 2 is 1.92 bits per heavy atom. The predicted molar refractivity (Wildman–Crippen MR) is 94.7 cm³/mol. The van der Waals surface area contributed by atoms with E-state index in [1.54, 1.807) is 11.9 Å². The molecule has 1 aliphatic rings. The largest absolute Gasteiger partial charge is 0.444 e. The van der Waals surface area contributed by atoms with Gasteiger partial charge in [0.15, 0.2) is 0 Å². The number of hydrogen-bond donors (Lipinski definition) is 1. The molecule has 2 rings (SSSR count). The zero-order valence-corrected chi connectivity index (χ0v) is 15.3. The molecule has 5 nitrogen and oxygen atoms in total. The molecule has 5 heteroatoms. The van der Waals surface area contributed by atoms with Crippen molar-refractivity contribution in [2.24, 2.45) is 0 Å². The van der Waals surface area contributed by atoms with Gasteiger partial charge in [0.2, 0.25) is 0 Å². The molecule has 1 aliphatic heterocycles. The first-order chi connectivity index (χ1) is 11.2. The summed E-state index contributed by atoms with van der Waals surface area (Å²) < 4.78 is 5.36. The number of aliphatic hydroxyl groups excluding tert-OH is 1. The number of ether oxygens (including phenoxy) is 1. The third-order valence-electron chi connectivity index (χ3n) is 4.03. The fraction of sp³-hybridized carbons (Fsp3) is 0.632. The molecule has 0 saturated carbocycles. The molecule has 1 N–H and O–H groups in total. The summed E-state index contributed by atoms with van der Waals surface area (Å²) in [4.78, 5) is 15.9. The molecule has 0 spiro atoms. The van der Waals surface area contributed by atoms with Gasteiger partial charge in [-0.1, -0.05) is 24.3 Å². The summed E-state index contributed by atoms with van der Waals surface area (Å²) in [7, 11) is 1.75. The first-order valence-electron chi connectivity index (χ1n) is 8.65. The molecule has 134 valence electrons. The zero-order valence-electron chi connectivity index (χ0n) is 15.3. The van der Waals surface area contributed by atoms with E-state index < -0.39 is 5.60 Å². The molecular weight excluding hydrogens is 304 g/mol. The molecular formula is C19H30N2O3. The summed E-state index contributed by atoms with van der Waals surface area (Å²) >= 11 is 0. The summed E-state index contributed by atoms with van der Waals surface area (Å²) in [6, 6.07) is 8.30. The Bertz CT molecular complexity index is 537. The lowest BCUT2D eigenvalue weighted by Gasteiger charge is -2.30. The van der Waals surface area contributed by atoms with Crippen LogP contribution in [0, 0.1) is 0 Å². The van der Waals surface area contributed by atoms with Crippen LogP contribution in [-0.4, -0.2) is 52.8 Å². The van der Waals surface area contributed by atoms with E-state index in [2.05, 4.69) is 29.2 Å². The van der Waals surface area contributed by atoms with Crippen molar-refractivity contribution < 1.29 is 14.6 Å². The molecule has 0 radical (unpaired) electrons. The smallest absolute Gasteiger partial charge is 0.410 e. The van der Waals surface area contributed by atoms with E-state index in [0.717, 1.165) is 38.0 Å². The molecule has 0 bridgehead atoms. The monoisotopic (exact) mass is 334 g/mol. The quantitative estimate of drug-likeness (QED) is 0.920. The number of β-amino-alcohol motifs (C(OH)–C–C–N with tert-alkyl or cyclic N) is 1. The minimum Gasteiger partial charge on any atom is -0.444 e. The molecule has 1 saturated heterocycles. The normalized spacial score (nSPS) is 19.1. The van der Waals surface area contributed by atoms with Gasteiger partial charge in [0, 0.05) is 26.7 Å². The van der Waals surface area contributed by atoms with Crippen molar-refractivity contribution in [2.45, 2.75) is 58.4 Å². The Morgan fingerprint density at radius 1 is 1.29 bits per heavy atom. The topological polar surface area (TPSA) is 53.0 Å². The van der Waals surface area contributed by atoms with Crippen LogP contribution < -0.4 is 0 Å². The van der Waals surface area contributed by atoms with E-state index >= 15 is 0 Å². The molecule has 24 heavy (non-hydrogen) atoms. The van der Waals surface area contributed by atoms with Gasteiger partial charge in [-0.05, 0) is 51.3 Å². The van der Waals surface area contributed by atoms with Gasteiger partial charge in [-0.25, -0.2) is 4.79 Å². The fourth-order valence-electron chi connectivity index (χ4n) is 2.86. The van der Waals surface area contributed by atoms with Gasteiger partial charge in [-0.2, -0.15) is 0 Å². The van der Waals surface area contributed by atoms with E-state index in [-0.39, 0.29) is 12.2 Å². The summed E-state index contributed by atoms with van der Waals surface area (Å²) in [5.74, 6) is 0. The third kappa shape index (κ3) is 6.13. The number of benzene rings is 1. The second-order valence-electron chi connectivity index (χ2n) is 7.68. The van der Waals surface area contributed by atoms with E-state index in [9.17, 15) is 9.90 Å². The number of piperidine rings is 1. The Kier molecular flexibility index (Phi) is 6.24. The van der Waals surface area contributed by atoms with Crippen LogP contribution in [0.1, 0.15) is 44.7 Å². The van der Waals surface area contributed by atoms with E-state index in [1.165, 1.54) is 5.56 Å². The van der Waals surface area contributed by atoms with Gasteiger partial charge >= 0.3 is 6.09 Å². The minimum atomic E-state index is -0.478. The third-order valence-corrected chi connectivity index (χ3v) is 4.03. The van der Waals surface area contributed by atoms with Gasteiger partial charge in [0.05, 0.1) is 6.10 Å². The Balaban J connectivity index is 1.86. The van der Waals surface area contributed by atoms with Crippen LogP contribution in [0.15, 0.2) is 24.3 Å². The Labute approximate surface area is 145 Å². The molecule has 0 aliphatic carbocycles. The van der Waals surface area contributed by atoms with Gasteiger partial charge in [-0.3, -0.25) is 4.90 Å². The maximum Gasteiger partial charge on any atom is 0.410 e. The van der Waals surface area contributed by atoms with Gasteiger partial charge in [0.25, 0.3) is 0 Å². The number of hydrogen-bond acceptors (Lipinski definition) is 4. The number of carbonyl (C=O) groups is 1. The highest BCUT2D eigenvalue weighted by molar-refractivity contribution is 5.67. The van der Waals surface area contributed by atoms with Crippen molar-refractivity contribution in [1.29, 1.82) is 0 Å². The Hall–Kier alpha value is -1.59. The predicted octanol–water partition coefficient (Wildman–Crippen LogP) is 3.01. The number of rotatable bonds is 4. The second-order valence-corrected chi connectivity index (χ2v) is 7.68. The summed E-state index contributed by atoms with van der Waals surface area (Å²) in [6.07, 6.45) is 1.46. The SMILES string of the molecule is CN(Cc1ccc(CN2CCCC(O)C2)cc1)C(=O)OC(C)(C)C. The molecule has 0 aromatic heterocycles. The van der Waals surface area contributed by atoms with E-state index in [1.807, 2.05) is 20.8 Å². The molecule has 1 heterocycles. The number of aliphatic hydroxyl groups is 1. The lowest BCUT2D eigenvalue weighted by atomic mass is 10.1. The lowest BCUT2D eigenvalue weighted by molar-refractivity contribution is 0.0285. The maximum atomic E-state index is 12.0. The average molecular weight is 334 g/mol. The Morgan fingerprint density at radius 3 is 2.50 bits per heavy atom. The second kappa shape index (κ2) is 7.99. The number of amides is 1. The standard InChI is InChI=1S/C19H30N2O3/c1-19(2,3)24-18(23)20(4)12-15-7-9-16(10-8-15)13-21-11-5-6-17(22)14-21/h7-10,17,22H,5-6,11-14H2,1-4H3. The summed E-state index contributed by atoms with van der Waals surface area (Å²) in [6.45, 7) is 8.78. The summed E-state index contributed by atoms with van der Waals surface area (Å²) in [5.41, 5.74) is 1.83. The van der Waals surface area contributed by atoms with Crippen molar-refractivity contribution in [3.63, 3.8) is 0 Å². The first kappa shape index (κ1) is 18.7. The van der Waals surface area contributed by atoms with Gasteiger partial charge in [0.1, 0.15) is 5.60 Å². The highest BCUT2D eigenvalue weighted by Crippen LogP contribution is 2.15. The fourth-order valence-corrected chi connectivity index (χ4v) is 2.86. The van der Waals surface area contributed by atoms with Gasteiger partial charge in [-0.15, -0.1) is 0 Å². The molecule has 1 amide bonds. The number of carbonyl (C=O) groups excluding carboxylic acids is 1. The highest BCUT2D eigenvalue weighted by atomic mass is 16.6. The van der Waals surface area contributed by atoms with Crippen molar-refractivity contribution >= 4 is 6.09 Å². The average Bonchev–Trinajstić information content (AvgIpc) is 2.47. The van der Waals surface area contributed by atoms with Crippen LogP contribution in [0.25, 0.3) is 0 Å². The first-order valence-corrected chi connectivity index (χ1v) is 8.65. The van der Waals surface area contributed by atoms with Crippen LogP contribution in [-0.2, 0) is 17.8 Å². The lowest BCUT2D eigenvalue weighted by Crippen LogP contribution is -2.37. The minimum absolute atomic E-state index is 0.194.